The summed E-state index contributed by atoms with van der Waals surface area (Å²) in [5.41, 5.74) is -4.85. The number of rotatable bonds is 9. The van der Waals surface area contributed by atoms with Gasteiger partial charge in [-0.1, -0.05) is 18.2 Å². The van der Waals surface area contributed by atoms with Crippen molar-refractivity contribution in [2.24, 2.45) is 0 Å². The molecule has 0 saturated carbocycles. The number of carboxylic acid groups (broad SMARTS) is 2. The van der Waals surface area contributed by atoms with Gasteiger partial charge < -0.3 is 29.5 Å². The number of nitro benzene ring substituents is 1. The lowest BCUT2D eigenvalue weighted by Crippen LogP contribution is -2.23. The molecule has 0 bridgehead atoms. The molecule has 3 aromatic carbocycles. The van der Waals surface area contributed by atoms with E-state index in [2.05, 4.69) is 0 Å². The van der Waals surface area contributed by atoms with Crippen LogP contribution in [0.3, 0.4) is 0 Å². The Hall–Kier alpha value is -6.12. The molecule has 0 amide bonds. The second-order valence-electron chi connectivity index (χ2n) is 9.11. The Balaban J connectivity index is 2.04. The second kappa shape index (κ2) is 12.6. The Morgan fingerprint density at radius 3 is 1.30 bits per heavy atom. The zero-order chi connectivity index (χ0) is 32.2. The highest BCUT2D eigenvalue weighted by molar-refractivity contribution is 6.15. The van der Waals surface area contributed by atoms with E-state index in [1.807, 2.05) is 0 Å². The van der Waals surface area contributed by atoms with Gasteiger partial charge in [-0.3, -0.25) is 10.1 Å². The SMILES string of the molecule is CN(C)c1cccc(C(=O)OC(=O)c2cccc([N+](=O)[O-])c2C(=O)OC(=O)c2cccc(N(C)C)c2C(=O)O)c1C(=O)O. The molecule has 0 atom stereocenters. The summed E-state index contributed by atoms with van der Waals surface area (Å²) in [4.78, 5) is 89.2. The van der Waals surface area contributed by atoms with Gasteiger partial charge in [0.2, 0.25) is 0 Å². The predicted molar refractivity (Wildman–Crippen MR) is 148 cm³/mol. The van der Waals surface area contributed by atoms with Crippen molar-refractivity contribution in [3.63, 3.8) is 0 Å². The molecule has 2 N–H and O–H groups in total. The van der Waals surface area contributed by atoms with Crippen molar-refractivity contribution >= 4 is 52.9 Å². The van der Waals surface area contributed by atoms with E-state index in [9.17, 15) is 49.1 Å². The number of carboxylic acids is 2. The van der Waals surface area contributed by atoms with Gasteiger partial charge in [-0.2, -0.15) is 0 Å². The van der Waals surface area contributed by atoms with Crippen molar-refractivity contribution in [2.45, 2.75) is 0 Å². The van der Waals surface area contributed by atoms with Crippen LogP contribution in [0.4, 0.5) is 17.1 Å². The molecule has 0 spiro atoms. The first kappa shape index (κ1) is 31.4. The van der Waals surface area contributed by atoms with Crippen LogP contribution in [-0.4, -0.2) is 79.1 Å². The van der Waals surface area contributed by atoms with Crippen LogP contribution in [0.5, 0.6) is 0 Å². The van der Waals surface area contributed by atoms with Gasteiger partial charge in [-0.05, 0) is 30.3 Å². The standard InChI is InChI=1S/C28H23N3O12/c1-29(2)17-11-5-8-14(20(17)23(32)33)25(36)42-27(38)16-10-7-13-19(31(40)41)22(16)28(39)43-26(37)15-9-6-12-18(30(3)4)21(15)24(34)35/h5-13H,1-4H3,(H,32,33)(H,34,35). The summed E-state index contributed by atoms with van der Waals surface area (Å²) in [5, 5.41) is 31.1. The summed E-state index contributed by atoms with van der Waals surface area (Å²) < 4.78 is 9.57. The van der Waals surface area contributed by atoms with Crippen molar-refractivity contribution in [3.05, 3.63) is 98.1 Å². The molecule has 0 fully saturated rings. The first-order chi connectivity index (χ1) is 20.2. The molecule has 222 valence electrons. The van der Waals surface area contributed by atoms with Crippen molar-refractivity contribution < 1.29 is 53.4 Å². The largest absolute Gasteiger partial charge is 0.478 e. The minimum absolute atomic E-state index is 0.0851. The maximum Gasteiger partial charge on any atom is 0.353 e. The molecule has 0 aliphatic heterocycles. The summed E-state index contributed by atoms with van der Waals surface area (Å²) in [6, 6.07) is 10.3. The molecule has 15 nitrogen and oxygen atoms in total. The Kier molecular flexibility index (Phi) is 9.20. The van der Waals surface area contributed by atoms with E-state index in [-0.39, 0.29) is 11.4 Å². The second-order valence-corrected chi connectivity index (χ2v) is 9.11. The Bertz CT molecular complexity index is 1690. The van der Waals surface area contributed by atoms with Crippen molar-refractivity contribution in [3.8, 4) is 0 Å². The third kappa shape index (κ3) is 6.45. The molecule has 0 aliphatic rings. The van der Waals surface area contributed by atoms with E-state index >= 15 is 0 Å². The zero-order valence-electron chi connectivity index (χ0n) is 23.0. The lowest BCUT2D eigenvalue weighted by atomic mass is 10.0. The van der Waals surface area contributed by atoms with Crippen LogP contribution in [0.1, 0.15) is 62.1 Å². The summed E-state index contributed by atoms with van der Waals surface area (Å²) >= 11 is 0. The molecule has 0 radical (unpaired) electrons. The molecule has 43 heavy (non-hydrogen) atoms. The highest BCUT2D eigenvalue weighted by Crippen LogP contribution is 2.28. The summed E-state index contributed by atoms with van der Waals surface area (Å²) in [6.07, 6.45) is 0. The van der Waals surface area contributed by atoms with Crippen molar-refractivity contribution in [1.29, 1.82) is 0 Å². The number of esters is 4. The molecule has 0 aliphatic carbocycles. The van der Waals surface area contributed by atoms with Crippen LogP contribution in [0, 0.1) is 10.1 Å². The quantitative estimate of drug-likeness (QED) is 0.158. The monoisotopic (exact) mass is 593 g/mol. The smallest absolute Gasteiger partial charge is 0.353 e. The van der Waals surface area contributed by atoms with E-state index in [1.165, 1.54) is 62.3 Å². The average molecular weight is 594 g/mol. The van der Waals surface area contributed by atoms with Gasteiger partial charge in [0, 0.05) is 34.3 Å². The average Bonchev–Trinajstić information content (AvgIpc) is 2.95. The van der Waals surface area contributed by atoms with Gasteiger partial charge >= 0.3 is 35.8 Å². The van der Waals surface area contributed by atoms with E-state index < -0.39 is 79.8 Å². The fourth-order valence-electron chi connectivity index (χ4n) is 4.08. The van der Waals surface area contributed by atoms with Gasteiger partial charge in [-0.25, -0.2) is 28.8 Å². The van der Waals surface area contributed by atoms with E-state index in [1.54, 1.807) is 0 Å². The zero-order valence-corrected chi connectivity index (χ0v) is 23.0. The number of carbonyl (C=O) groups is 6. The van der Waals surface area contributed by atoms with Crippen molar-refractivity contribution in [1.82, 2.24) is 0 Å². The van der Waals surface area contributed by atoms with Crippen LogP contribution < -0.4 is 9.80 Å². The number of anilines is 2. The summed E-state index contributed by atoms with van der Waals surface area (Å²) in [7, 11) is 6.04. The summed E-state index contributed by atoms with van der Waals surface area (Å²) in [5.74, 6) is -9.30. The van der Waals surface area contributed by atoms with Gasteiger partial charge in [0.05, 0.1) is 44.1 Å². The topological polar surface area (TPSA) is 211 Å². The number of carbonyl (C=O) groups excluding carboxylic acids is 4. The fourth-order valence-corrected chi connectivity index (χ4v) is 4.08. The van der Waals surface area contributed by atoms with Crippen LogP contribution in [0.25, 0.3) is 0 Å². The van der Waals surface area contributed by atoms with Crippen LogP contribution in [0.15, 0.2) is 54.6 Å². The molecule has 3 aromatic rings. The molecule has 15 heteroatoms. The number of hydrogen-bond acceptors (Lipinski definition) is 12. The van der Waals surface area contributed by atoms with Gasteiger partial charge in [-0.15, -0.1) is 0 Å². The fraction of sp³-hybridized carbons (Fsp3) is 0.143. The molecule has 0 aromatic heterocycles. The minimum atomic E-state index is -1.72. The van der Waals surface area contributed by atoms with Gasteiger partial charge in [0.15, 0.2) is 5.56 Å². The minimum Gasteiger partial charge on any atom is -0.478 e. The number of aromatic carboxylic acids is 2. The van der Waals surface area contributed by atoms with Crippen LogP contribution >= 0.6 is 0 Å². The molecule has 0 saturated heterocycles. The number of benzene rings is 3. The predicted octanol–water partition coefficient (Wildman–Crippen LogP) is 3.12. The number of ether oxygens (including phenoxy) is 2. The van der Waals surface area contributed by atoms with Gasteiger partial charge in [0.1, 0.15) is 0 Å². The molecular formula is C28H23N3O12. The van der Waals surface area contributed by atoms with E-state index in [0.717, 1.165) is 30.3 Å². The third-order valence-corrected chi connectivity index (χ3v) is 5.95. The lowest BCUT2D eigenvalue weighted by Gasteiger charge is -2.17. The molecule has 0 unspecified atom stereocenters. The Morgan fingerprint density at radius 1 is 0.605 bits per heavy atom. The van der Waals surface area contributed by atoms with Crippen molar-refractivity contribution in [2.75, 3.05) is 38.0 Å². The third-order valence-electron chi connectivity index (χ3n) is 5.95. The highest BCUT2D eigenvalue weighted by atomic mass is 16.6. The number of nitrogens with zero attached hydrogens (tertiary/aromatic N) is 3. The molecule has 3 rings (SSSR count). The number of nitro groups is 1. The van der Waals surface area contributed by atoms with E-state index in [4.69, 9.17) is 9.47 Å². The normalized spacial score (nSPS) is 10.3. The maximum atomic E-state index is 13.1. The van der Waals surface area contributed by atoms with Gasteiger partial charge in [0.25, 0.3) is 5.69 Å². The Labute approximate surface area is 242 Å². The maximum absolute atomic E-state index is 13.1. The highest BCUT2D eigenvalue weighted by Gasteiger charge is 2.34. The number of hydrogen-bond donors (Lipinski definition) is 2. The summed E-state index contributed by atoms with van der Waals surface area (Å²) in [6.45, 7) is 0. The van der Waals surface area contributed by atoms with E-state index in [0.29, 0.717) is 0 Å². The lowest BCUT2D eigenvalue weighted by molar-refractivity contribution is -0.385. The first-order valence-electron chi connectivity index (χ1n) is 12.0. The Morgan fingerprint density at radius 2 is 0.953 bits per heavy atom. The van der Waals surface area contributed by atoms with Crippen LogP contribution in [-0.2, 0) is 9.47 Å². The van der Waals surface area contributed by atoms with Crippen LogP contribution in [0.2, 0.25) is 0 Å². The molecule has 0 heterocycles. The first-order valence-corrected chi connectivity index (χ1v) is 12.0. The molecular weight excluding hydrogens is 570 g/mol.